The van der Waals surface area contributed by atoms with E-state index in [1.54, 1.807) is 36.4 Å². The molecule has 0 bridgehead atoms. The summed E-state index contributed by atoms with van der Waals surface area (Å²) in [6, 6.07) is 22.5. The van der Waals surface area contributed by atoms with Crippen LogP contribution < -0.4 is 19.1 Å². The van der Waals surface area contributed by atoms with Crippen molar-refractivity contribution in [2.75, 3.05) is 30.6 Å². The number of nitrogens with one attached hydrogen (secondary N) is 1. The standard InChI is InChI=1S/C25H28N2O5S/c1-3-31-24-12-8-7-11-23(24)27(33(29,30)22-15-13-20(2)14-16-22)19-25(28)26-17-18-32-21-9-5-4-6-10-21/h4-16H,3,17-19H2,1-2H3,(H,26,28). The first kappa shape index (κ1) is 24.1. The van der Waals surface area contributed by atoms with Crippen LogP contribution in [0, 0.1) is 6.92 Å². The van der Waals surface area contributed by atoms with E-state index in [-0.39, 0.29) is 18.0 Å². The third-order valence-electron chi connectivity index (χ3n) is 4.77. The zero-order chi connectivity index (χ0) is 23.7. The second-order valence-electron chi connectivity index (χ2n) is 7.24. The quantitative estimate of drug-likeness (QED) is 0.433. The number of sulfonamides is 1. The molecule has 0 radical (unpaired) electrons. The van der Waals surface area contributed by atoms with Gasteiger partial charge in [0.2, 0.25) is 5.91 Å². The fourth-order valence-electron chi connectivity index (χ4n) is 3.14. The smallest absolute Gasteiger partial charge is 0.264 e. The molecule has 3 aromatic carbocycles. The molecule has 0 unspecified atom stereocenters. The lowest BCUT2D eigenvalue weighted by atomic mass is 10.2. The summed E-state index contributed by atoms with van der Waals surface area (Å²) in [6.07, 6.45) is 0. The van der Waals surface area contributed by atoms with Crippen LogP contribution >= 0.6 is 0 Å². The second kappa shape index (κ2) is 11.4. The SMILES string of the molecule is CCOc1ccccc1N(CC(=O)NCCOc1ccccc1)S(=O)(=O)c1ccc(C)cc1. The van der Waals surface area contributed by atoms with Crippen molar-refractivity contribution in [2.45, 2.75) is 18.7 Å². The molecule has 0 atom stereocenters. The Balaban J connectivity index is 1.78. The fraction of sp³-hybridized carbons (Fsp3) is 0.240. The molecule has 1 amide bonds. The van der Waals surface area contributed by atoms with Crippen LogP contribution in [0.4, 0.5) is 5.69 Å². The van der Waals surface area contributed by atoms with Gasteiger partial charge in [-0.05, 0) is 50.2 Å². The topological polar surface area (TPSA) is 84.9 Å². The van der Waals surface area contributed by atoms with E-state index < -0.39 is 22.5 Å². The van der Waals surface area contributed by atoms with E-state index in [2.05, 4.69) is 5.32 Å². The molecule has 0 aromatic heterocycles. The first-order chi connectivity index (χ1) is 15.9. The molecular weight excluding hydrogens is 440 g/mol. The molecule has 3 rings (SSSR count). The summed E-state index contributed by atoms with van der Waals surface area (Å²) in [6.45, 7) is 4.15. The van der Waals surface area contributed by atoms with Crippen molar-refractivity contribution in [1.29, 1.82) is 0 Å². The van der Waals surface area contributed by atoms with E-state index in [9.17, 15) is 13.2 Å². The molecule has 0 aliphatic heterocycles. The molecule has 1 N–H and O–H groups in total. The van der Waals surface area contributed by atoms with Crippen LogP contribution in [0.1, 0.15) is 12.5 Å². The Kier molecular flexibility index (Phi) is 8.32. The monoisotopic (exact) mass is 468 g/mol. The highest BCUT2D eigenvalue weighted by Crippen LogP contribution is 2.32. The van der Waals surface area contributed by atoms with Gasteiger partial charge in [0, 0.05) is 0 Å². The van der Waals surface area contributed by atoms with Gasteiger partial charge < -0.3 is 14.8 Å². The van der Waals surface area contributed by atoms with Gasteiger partial charge in [-0.1, -0.05) is 48.0 Å². The first-order valence-corrected chi connectivity index (χ1v) is 12.1. The number of carbonyl (C=O) groups is 1. The minimum atomic E-state index is -4.02. The predicted octanol–water partition coefficient (Wildman–Crippen LogP) is 3.78. The van der Waals surface area contributed by atoms with Crippen molar-refractivity contribution in [3.05, 3.63) is 84.4 Å². The highest BCUT2D eigenvalue weighted by atomic mass is 32.2. The zero-order valence-corrected chi connectivity index (χ0v) is 19.5. The fourth-order valence-corrected chi connectivity index (χ4v) is 4.57. The molecule has 0 saturated heterocycles. The number of para-hydroxylation sites is 3. The van der Waals surface area contributed by atoms with E-state index in [0.29, 0.717) is 23.8 Å². The highest BCUT2D eigenvalue weighted by Gasteiger charge is 2.29. The summed E-state index contributed by atoms with van der Waals surface area (Å²) in [5.41, 5.74) is 1.24. The van der Waals surface area contributed by atoms with E-state index in [0.717, 1.165) is 9.87 Å². The molecule has 0 aliphatic carbocycles. The van der Waals surface area contributed by atoms with Crippen LogP contribution in [0.5, 0.6) is 11.5 Å². The van der Waals surface area contributed by atoms with Gasteiger partial charge in [0.15, 0.2) is 0 Å². The number of carbonyl (C=O) groups excluding carboxylic acids is 1. The molecule has 0 spiro atoms. The predicted molar refractivity (Wildman–Crippen MR) is 128 cm³/mol. The number of nitrogens with zero attached hydrogens (tertiary/aromatic N) is 1. The lowest BCUT2D eigenvalue weighted by Crippen LogP contribution is -2.42. The van der Waals surface area contributed by atoms with E-state index in [4.69, 9.17) is 9.47 Å². The molecule has 174 valence electrons. The number of ether oxygens (including phenoxy) is 2. The van der Waals surface area contributed by atoms with E-state index in [1.165, 1.54) is 12.1 Å². The van der Waals surface area contributed by atoms with Crippen LogP contribution in [0.3, 0.4) is 0 Å². The summed E-state index contributed by atoms with van der Waals surface area (Å²) in [5.74, 6) is 0.630. The molecule has 8 heteroatoms. The average molecular weight is 469 g/mol. The largest absolute Gasteiger partial charge is 0.492 e. The van der Waals surface area contributed by atoms with Crippen LogP contribution in [0.2, 0.25) is 0 Å². The Morgan fingerprint density at radius 1 is 0.909 bits per heavy atom. The van der Waals surface area contributed by atoms with E-state index >= 15 is 0 Å². The number of amides is 1. The zero-order valence-electron chi connectivity index (χ0n) is 18.7. The van der Waals surface area contributed by atoms with Crippen molar-refractivity contribution >= 4 is 21.6 Å². The van der Waals surface area contributed by atoms with Gasteiger partial charge in [0.25, 0.3) is 10.0 Å². The maximum atomic E-state index is 13.5. The number of benzene rings is 3. The lowest BCUT2D eigenvalue weighted by Gasteiger charge is -2.26. The van der Waals surface area contributed by atoms with Gasteiger partial charge in [0.1, 0.15) is 24.7 Å². The third kappa shape index (κ3) is 6.49. The van der Waals surface area contributed by atoms with Crippen LogP contribution in [0.15, 0.2) is 83.8 Å². The Morgan fingerprint density at radius 3 is 2.27 bits per heavy atom. The number of hydrogen-bond donors (Lipinski definition) is 1. The normalized spacial score (nSPS) is 11.0. The van der Waals surface area contributed by atoms with Crippen molar-refractivity contribution < 1.29 is 22.7 Å². The van der Waals surface area contributed by atoms with Gasteiger partial charge in [-0.15, -0.1) is 0 Å². The van der Waals surface area contributed by atoms with Crippen molar-refractivity contribution in [2.24, 2.45) is 0 Å². The Bertz CT molecular complexity index is 1150. The molecule has 33 heavy (non-hydrogen) atoms. The minimum absolute atomic E-state index is 0.0969. The molecule has 7 nitrogen and oxygen atoms in total. The summed E-state index contributed by atoms with van der Waals surface area (Å²) in [4.78, 5) is 12.8. The summed E-state index contributed by atoms with van der Waals surface area (Å²) >= 11 is 0. The van der Waals surface area contributed by atoms with Gasteiger partial charge in [-0.25, -0.2) is 8.42 Å². The summed E-state index contributed by atoms with van der Waals surface area (Å²) in [5, 5.41) is 2.73. The maximum absolute atomic E-state index is 13.5. The molecule has 0 fully saturated rings. The summed E-state index contributed by atoms with van der Waals surface area (Å²) < 4.78 is 39.3. The van der Waals surface area contributed by atoms with Gasteiger partial charge >= 0.3 is 0 Å². The maximum Gasteiger partial charge on any atom is 0.264 e. The summed E-state index contributed by atoms with van der Waals surface area (Å²) in [7, 11) is -4.02. The lowest BCUT2D eigenvalue weighted by molar-refractivity contribution is -0.119. The number of hydrogen-bond acceptors (Lipinski definition) is 5. The Labute approximate surface area is 195 Å². The van der Waals surface area contributed by atoms with Crippen LogP contribution in [-0.4, -0.2) is 40.6 Å². The average Bonchev–Trinajstić information content (AvgIpc) is 2.82. The Morgan fingerprint density at radius 2 is 1.58 bits per heavy atom. The van der Waals surface area contributed by atoms with Crippen LogP contribution in [0.25, 0.3) is 0 Å². The minimum Gasteiger partial charge on any atom is -0.492 e. The van der Waals surface area contributed by atoms with Crippen molar-refractivity contribution in [3.8, 4) is 11.5 Å². The number of anilines is 1. The molecule has 0 aliphatic rings. The molecule has 0 saturated carbocycles. The first-order valence-electron chi connectivity index (χ1n) is 10.7. The number of rotatable bonds is 11. The highest BCUT2D eigenvalue weighted by molar-refractivity contribution is 7.92. The third-order valence-corrected chi connectivity index (χ3v) is 6.54. The van der Waals surface area contributed by atoms with Gasteiger partial charge in [0.05, 0.1) is 23.7 Å². The van der Waals surface area contributed by atoms with Crippen molar-refractivity contribution in [3.63, 3.8) is 0 Å². The Hall–Kier alpha value is -3.52. The van der Waals surface area contributed by atoms with Gasteiger partial charge in [-0.2, -0.15) is 0 Å². The molecule has 0 heterocycles. The van der Waals surface area contributed by atoms with Crippen molar-refractivity contribution in [1.82, 2.24) is 5.32 Å². The molecular formula is C25H28N2O5S. The number of aryl methyl sites for hydroxylation is 1. The van der Waals surface area contributed by atoms with E-state index in [1.807, 2.05) is 44.2 Å². The van der Waals surface area contributed by atoms with Gasteiger partial charge in [-0.3, -0.25) is 9.10 Å². The van der Waals surface area contributed by atoms with Crippen LogP contribution in [-0.2, 0) is 14.8 Å². The molecule has 3 aromatic rings. The second-order valence-corrected chi connectivity index (χ2v) is 9.10.